The van der Waals surface area contributed by atoms with Crippen molar-refractivity contribution >= 4 is 17.5 Å². The maximum Gasteiger partial charge on any atom is 0.229 e. The molecule has 1 heterocycles. The Morgan fingerprint density at radius 2 is 2.33 bits per heavy atom. The minimum absolute atomic E-state index is 0.144. The average Bonchev–Trinajstić information content (AvgIpc) is 2.90. The number of benzene rings is 1. The van der Waals surface area contributed by atoms with Crippen LogP contribution >= 0.6 is 11.6 Å². The third-order valence-corrected chi connectivity index (χ3v) is 3.88. The molecule has 4 heteroatoms. The van der Waals surface area contributed by atoms with Crippen molar-refractivity contribution in [3.63, 3.8) is 0 Å². The summed E-state index contributed by atoms with van der Waals surface area (Å²) in [4.78, 5) is 14.3. The van der Waals surface area contributed by atoms with Crippen LogP contribution in [0.25, 0.3) is 0 Å². The second-order valence-corrected chi connectivity index (χ2v) is 5.31. The molecular weight excluding hydrogens is 248 g/mol. The number of amides is 1. The van der Waals surface area contributed by atoms with E-state index in [9.17, 15) is 4.79 Å². The third kappa shape index (κ3) is 2.85. The van der Waals surface area contributed by atoms with Crippen LogP contribution in [0.3, 0.4) is 0 Å². The Morgan fingerprint density at radius 3 is 2.94 bits per heavy atom. The van der Waals surface area contributed by atoms with Crippen molar-refractivity contribution in [2.45, 2.75) is 25.3 Å². The van der Waals surface area contributed by atoms with Crippen LogP contribution in [0.5, 0.6) is 0 Å². The molecule has 0 bridgehead atoms. The molecule has 1 N–H and O–H groups in total. The predicted molar refractivity (Wildman–Crippen MR) is 73.9 cm³/mol. The van der Waals surface area contributed by atoms with Gasteiger partial charge in [-0.2, -0.15) is 0 Å². The average molecular weight is 267 g/mol. The van der Waals surface area contributed by atoms with E-state index in [0.29, 0.717) is 11.1 Å². The van der Waals surface area contributed by atoms with E-state index in [1.165, 1.54) is 0 Å². The van der Waals surface area contributed by atoms with E-state index in [2.05, 4.69) is 5.32 Å². The van der Waals surface area contributed by atoms with Gasteiger partial charge in [-0.1, -0.05) is 23.7 Å². The number of hydrogen-bond donors (Lipinski definition) is 1. The minimum Gasteiger partial charge on any atom is -0.341 e. The summed E-state index contributed by atoms with van der Waals surface area (Å²) in [5, 5.41) is 3.96. The summed E-state index contributed by atoms with van der Waals surface area (Å²) in [7, 11) is 1.89. The van der Waals surface area contributed by atoms with Crippen LogP contribution in [0.2, 0.25) is 5.02 Å². The monoisotopic (exact) mass is 266 g/mol. The van der Waals surface area contributed by atoms with Gasteiger partial charge in [-0.25, -0.2) is 0 Å². The first-order chi connectivity index (χ1) is 8.59. The van der Waals surface area contributed by atoms with Crippen molar-refractivity contribution in [3.8, 4) is 0 Å². The molecule has 2 atom stereocenters. The van der Waals surface area contributed by atoms with Gasteiger partial charge >= 0.3 is 0 Å². The van der Waals surface area contributed by atoms with Gasteiger partial charge in [-0.3, -0.25) is 4.79 Å². The molecule has 1 fully saturated rings. The fourth-order valence-electron chi connectivity index (χ4n) is 2.37. The molecule has 3 nitrogen and oxygen atoms in total. The summed E-state index contributed by atoms with van der Waals surface area (Å²) in [5.41, 5.74) is 0.977. The van der Waals surface area contributed by atoms with Gasteiger partial charge in [0.2, 0.25) is 5.91 Å². The zero-order valence-electron chi connectivity index (χ0n) is 10.8. The lowest BCUT2D eigenvalue weighted by atomic mass is 9.99. The molecule has 0 radical (unpaired) electrons. The quantitative estimate of drug-likeness (QED) is 0.910. The highest BCUT2D eigenvalue weighted by Gasteiger charge is 2.27. The lowest BCUT2D eigenvalue weighted by Gasteiger charge is -2.27. The molecule has 1 aromatic rings. The number of hydrogen-bond acceptors (Lipinski definition) is 2. The van der Waals surface area contributed by atoms with E-state index in [1.54, 1.807) is 0 Å². The molecule has 0 spiro atoms. The van der Waals surface area contributed by atoms with Crippen LogP contribution in [-0.2, 0) is 4.79 Å². The molecule has 0 aromatic heterocycles. The highest BCUT2D eigenvalue weighted by Crippen LogP contribution is 2.22. The molecule has 18 heavy (non-hydrogen) atoms. The number of carbonyl (C=O) groups excluding carboxylic acids is 1. The predicted octanol–water partition coefficient (Wildman–Crippen LogP) is 2.26. The summed E-state index contributed by atoms with van der Waals surface area (Å²) in [6.07, 6.45) is 1.03. The Hall–Kier alpha value is -1.06. The van der Waals surface area contributed by atoms with Crippen molar-refractivity contribution < 1.29 is 4.79 Å². The first-order valence-electron chi connectivity index (χ1n) is 6.32. The van der Waals surface area contributed by atoms with E-state index in [1.807, 2.05) is 43.1 Å². The lowest BCUT2D eigenvalue weighted by Crippen LogP contribution is -2.40. The van der Waals surface area contributed by atoms with Crippen LogP contribution in [0.4, 0.5) is 0 Å². The van der Waals surface area contributed by atoms with Crippen LogP contribution in [0.15, 0.2) is 24.3 Å². The Morgan fingerprint density at radius 1 is 1.56 bits per heavy atom. The standard InChI is InChI=1S/C14H19ClN2O/c1-10(11-4-3-5-12(15)8-11)14(18)17(2)13-6-7-16-9-13/h3-5,8,10,13,16H,6-7,9H2,1-2H3. The molecule has 2 unspecified atom stereocenters. The van der Waals surface area contributed by atoms with Crippen molar-refractivity contribution in [1.29, 1.82) is 0 Å². The molecule has 0 aliphatic carbocycles. The number of carbonyl (C=O) groups is 1. The number of nitrogens with one attached hydrogen (secondary N) is 1. The molecule has 98 valence electrons. The number of halogens is 1. The van der Waals surface area contributed by atoms with Crippen molar-refractivity contribution in [3.05, 3.63) is 34.9 Å². The lowest BCUT2D eigenvalue weighted by molar-refractivity contribution is -0.132. The first kappa shape index (κ1) is 13.4. The SMILES string of the molecule is CC(C(=O)N(C)C1CCNC1)c1cccc(Cl)c1. The maximum absolute atomic E-state index is 12.4. The summed E-state index contributed by atoms with van der Waals surface area (Å²) in [6, 6.07) is 7.85. The Bertz CT molecular complexity index is 430. The van der Waals surface area contributed by atoms with E-state index in [-0.39, 0.29) is 11.8 Å². The Balaban J connectivity index is 2.08. The topological polar surface area (TPSA) is 32.3 Å². The summed E-state index contributed by atoms with van der Waals surface area (Å²) < 4.78 is 0. The minimum atomic E-state index is -0.144. The van der Waals surface area contributed by atoms with Crippen molar-refractivity contribution in [2.75, 3.05) is 20.1 Å². The van der Waals surface area contributed by atoms with Gasteiger partial charge < -0.3 is 10.2 Å². The highest BCUT2D eigenvalue weighted by atomic mass is 35.5. The first-order valence-corrected chi connectivity index (χ1v) is 6.70. The van der Waals surface area contributed by atoms with E-state index in [4.69, 9.17) is 11.6 Å². The Labute approximate surface area is 113 Å². The molecule has 1 saturated heterocycles. The van der Waals surface area contributed by atoms with Gasteiger partial charge in [0.05, 0.1) is 5.92 Å². The zero-order chi connectivity index (χ0) is 13.1. The smallest absolute Gasteiger partial charge is 0.229 e. The van der Waals surface area contributed by atoms with Crippen LogP contribution in [0, 0.1) is 0 Å². The molecule has 1 aliphatic rings. The summed E-state index contributed by atoms with van der Waals surface area (Å²) in [6.45, 7) is 3.82. The Kier molecular flexibility index (Phi) is 4.25. The number of rotatable bonds is 3. The van der Waals surface area contributed by atoms with Crippen molar-refractivity contribution in [2.24, 2.45) is 0 Å². The fraction of sp³-hybridized carbons (Fsp3) is 0.500. The van der Waals surface area contributed by atoms with Gasteiger partial charge in [0.25, 0.3) is 0 Å². The third-order valence-electron chi connectivity index (χ3n) is 3.65. The second kappa shape index (κ2) is 5.72. The van der Waals surface area contributed by atoms with E-state index >= 15 is 0 Å². The molecule has 1 amide bonds. The number of likely N-dealkylation sites (N-methyl/N-ethyl adjacent to an activating group) is 1. The van der Waals surface area contributed by atoms with Gasteiger partial charge in [-0.05, 0) is 37.6 Å². The van der Waals surface area contributed by atoms with Crippen LogP contribution in [-0.4, -0.2) is 37.0 Å². The second-order valence-electron chi connectivity index (χ2n) is 4.87. The summed E-state index contributed by atoms with van der Waals surface area (Å²) in [5.74, 6) is 0.0141. The fourth-order valence-corrected chi connectivity index (χ4v) is 2.57. The van der Waals surface area contributed by atoms with Gasteiger partial charge in [0.1, 0.15) is 0 Å². The van der Waals surface area contributed by atoms with Gasteiger partial charge in [-0.15, -0.1) is 0 Å². The molecule has 2 rings (SSSR count). The largest absolute Gasteiger partial charge is 0.341 e. The van der Waals surface area contributed by atoms with Gasteiger partial charge in [0.15, 0.2) is 0 Å². The highest BCUT2D eigenvalue weighted by molar-refractivity contribution is 6.30. The zero-order valence-corrected chi connectivity index (χ0v) is 11.6. The summed E-state index contributed by atoms with van der Waals surface area (Å²) >= 11 is 5.97. The van der Waals surface area contributed by atoms with Crippen LogP contribution < -0.4 is 5.32 Å². The molecule has 1 aliphatic heterocycles. The normalized spacial score (nSPS) is 20.7. The van der Waals surface area contributed by atoms with E-state index < -0.39 is 0 Å². The van der Waals surface area contributed by atoms with E-state index in [0.717, 1.165) is 25.1 Å². The number of nitrogens with zero attached hydrogens (tertiary/aromatic N) is 1. The molecular formula is C14H19ClN2O. The van der Waals surface area contributed by atoms with Crippen molar-refractivity contribution in [1.82, 2.24) is 10.2 Å². The molecule has 1 aromatic carbocycles. The van der Waals surface area contributed by atoms with Gasteiger partial charge in [0, 0.05) is 24.7 Å². The molecule has 0 saturated carbocycles. The van der Waals surface area contributed by atoms with Crippen LogP contribution in [0.1, 0.15) is 24.8 Å². The maximum atomic E-state index is 12.4.